The highest BCUT2D eigenvalue weighted by Crippen LogP contribution is 2.28. The summed E-state index contributed by atoms with van der Waals surface area (Å²) in [6.45, 7) is 4.00. The van der Waals surface area contributed by atoms with Crippen LogP contribution in [0.1, 0.15) is 17.0 Å². The summed E-state index contributed by atoms with van der Waals surface area (Å²) in [6, 6.07) is 20.5. The molecule has 3 heterocycles. The zero-order valence-electron chi connectivity index (χ0n) is 19.5. The lowest BCUT2D eigenvalue weighted by atomic mass is 10.1. The van der Waals surface area contributed by atoms with Crippen LogP contribution in [-0.4, -0.2) is 26.3 Å². The molecule has 0 bridgehead atoms. The Labute approximate surface area is 207 Å². The number of aryl methyl sites for hydroxylation is 2. The van der Waals surface area contributed by atoms with Crippen molar-refractivity contribution in [3.05, 3.63) is 105 Å². The number of fused-ring (bicyclic) bond motifs is 1. The van der Waals surface area contributed by atoms with E-state index in [1.807, 2.05) is 61.5 Å². The van der Waals surface area contributed by atoms with E-state index in [1.54, 1.807) is 37.0 Å². The maximum atomic E-state index is 13.6. The Kier molecular flexibility index (Phi) is 6.01. The Balaban J connectivity index is 1.57. The zero-order valence-corrected chi connectivity index (χ0v) is 20.3. The Morgan fingerprint density at radius 3 is 2.51 bits per heavy atom. The highest BCUT2D eigenvalue weighted by Gasteiger charge is 2.19. The van der Waals surface area contributed by atoms with E-state index in [9.17, 15) is 4.79 Å². The highest BCUT2D eigenvalue weighted by molar-refractivity contribution is 6.31. The van der Waals surface area contributed by atoms with Crippen LogP contribution in [0.15, 0.2) is 77.7 Å². The number of pyridine rings is 1. The molecule has 5 aromatic rings. The van der Waals surface area contributed by atoms with Crippen molar-refractivity contribution in [3.8, 4) is 28.4 Å². The monoisotopic (exact) mass is 486 g/mol. The van der Waals surface area contributed by atoms with Gasteiger partial charge in [0.05, 0.1) is 18.4 Å². The molecule has 0 aliphatic rings. The summed E-state index contributed by atoms with van der Waals surface area (Å²) in [5.41, 5.74) is 4.26. The number of nitrogens with zero attached hydrogens (tertiary/aromatic N) is 4. The molecular weight excluding hydrogens is 464 g/mol. The smallest absolute Gasteiger partial charge is 0.267 e. The lowest BCUT2D eigenvalue weighted by molar-refractivity contribution is 0.308. The van der Waals surface area contributed by atoms with Crippen molar-refractivity contribution < 1.29 is 9.47 Å². The number of benzene rings is 2. The molecule has 0 unspecified atom stereocenters. The standard InChI is InChI=1S/C27H23ClN4O3/c1-17-15-21(30-32(17)22-11-6-7-12-23(22)34-3)25-18(2)29-26-24(13-8-14-31(26)27(25)33)35-16-19-9-4-5-10-20(19)28/h4-15H,16H2,1-3H3. The van der Waals surface area contributed by atoms with Crippen LogP contribution in [0.3, 0.4) is 0 Å². The number of halogens is 1. The van der Waals surface area contributed by atoms with Crippen molar-refractivity contribution in [1.82, 2.24) is 19.2 Å². The van der Waals surface area contributed by atoms with Crippen molar-refractivity contribution in [3.63, 3.8) is 0 Å². The molecule has 5 rings (SSSR count). The summed E-state index contributed by atoms with van der Waals surface area (Å²) in [5.74, 6) is 1.19. The minimum absolute atomic E-state index is 0.222. The van der Waals surface area contributed by atoms with Crippen LogP contribution < -0.4 is 15.0 Å². The maximum absolute atomic E-state index is 13.6. The van der Waals surface area contributed by atoms with Crippen molar-refractivity contribution in [2.75, 3.05) is 7.11 Å². The summed E-state index contributed by atoms with van der Waals surface area (Å²) in [5, 5.41) is 5.36. The third-order valence-corrected chi connectivity index (χ3v) is 6.17. The Bertz CT molecular complexity index is 1610. The lowest BCUT2D eigenvalue weighted by Crippen LogP contribution is -2.19. The van der Waals surface area contributed by atoms with Gasteiger partial charge < -0.3 is 9.47 Å². The maximum Gasteiger partial charge on any atom is 0.267 e. The molecule has 2 aromatic carbocycles. The van der Waals surface area contributed by atoms with Crippen molar-refractivity contribution in [2.24, 2.45) is 0 Å². The van der Waals surface area contributed by atoms with Crippen LogP contribution in [0.25, 0.3) is 22.6 Å². The van der Waals surface area contributed by atoms with Crippen molar-refractivity contribution in [2.45, 2.75) is 20.5 Å². The number of hydrogen-bond donors (Lipinski definition) is 0. The zero-order chi connectivity index (χ0) is 24.5. The van der Waals surface area contributed by atoms with Crippen LogP contribution >= 0.6 is 11.6 Å². The second-order valence-corrected chi connectivity index (χ2v) is 8.49. The van der Waals surface area contributed by atoms with E-state index in [-0.39, 0.29) is 12.2 Å². The number of rotatable bonds is 6. The molecule has 0 saturated heterocycles. The van der Waals surface area contributed by atoms with Gasteiger partial charge in [-0.2, -0.15) is 5.10 Å². The first-order chi connectivity index (χ1) is 17.0. The minimum Gasteiger partial charge on any atom is -0.494 e. The van der Waals surface area contributed by atoms with Gasteiger partial charge in [0.25, 0.3) is 5.56 Å². The predicted molar refractivity (Wildman–Crippen MR) is 136 cm³/mol. The van der Waals surface area contributed by atoms with Gasteiger partial charge in [-0.15, -0.1) is 0 Å². The number of aromatic nitrogens is 4. The van der Waals surface area contributed by atoms with Crippen LogP contribution in [0.5, 0.6) is 11.5 Å². The molecule has 0 fully saturated rings. The van der Waals surface area contributed by atoms with E-state index in [0.29, 0.717) is 39.1 Å². The van der Waals surface area contributed by atoms with Crippen LogP contribution in [0.2, 0.25) is 5.02 Å². The molecule has 0 spiro atoms. The molecule has 0 saturated carbocycles. The molecular formula is C27H23ClN4O3. The molecule has 35 heavy (non-hydrogen) atoms. The van der Waals surface area contributed by atoms with E-state index in [2.05, 4.69) is 0 Å². The summed E-state index contributed by atoms with van der Waals surface area (Å²) in [6.07, 6.45) is 1.68. The topological polar surface area (TPSA) is 70.7 Å². The van der Waals surface area contributed by atoms with Gasteiger partial charge in [-0.3, -0.25) is 9.20 Å². The number of para-hydroxylation sites is 2. The molecule has 7 nitrogen and oxygen atoms in total. The van der Waals surface area contributed by atoms with Gasteiger partial charge in [0.1, 0.15) is 23.7 Å². The normalized spacial score (nSPS) is 11.1. The van der Waals surface area contributed by atoms with Gasteiger partial charge >= 0.3 is 0 Å². The third-order valence-electron chi connectivity index (χ3n) is 5.80. The summed E-state index contributed by atoms with van der Waals surface area (Å²) in [7, 11) is 1.62. The quantitative estimate of drug-likeness (QED) is 0.321. The Hall–Kier alpha value is -4.10. The number of methoxy groups -OCH3 is 1. The summed E-state index contributed by atoms with van der Waals surface area (Å²) >= 11 is 6.26. The first-order valence-electron chi connectivity index (χ1n) is 11.1. The number of ether oxygens (including phenoxy) is 2. The molecule has 0 aliphatic carbocycles. The van der Waals surface area contributed by atoms with E-state index in [4.69, 9.17) is 31.2 Å². The minimum atomic E-state index is -0.222. The molecule has 0 radical (unpaired) electrons. The van der Waals surface area contributed by atoms with Gasteiger partial charge in [-0.25, -0.2) is 9.67 Å². The SMILES string of the molecule is COc1ccccc1-n1nc(-c2c(C)nc3c(OCc4ccccc4Cl)cccn3c2=O)cc1C. The average molecular weight is 487 g/mol. The van der Waals surface area contributed by atoms with E-state index < -0.39 is 0 Å². The molecule has 176 valence electrons. The fourth-order valence-electron chi connectivity index (χ4n) is 4.07. The fraction of sp³-hybridized carbons (Fsp3) is 0.148. The predicted octanol–water partition coefficient (Wildman–Crippen LogP) is 5.41. The number of hydrogen-bond acceptors (Lipinski definition) is 5. The molecule has 0 N–H and O–H groups in total. The largest absolute Gasteiger partial charge is 0.494 e. The van der Waals surface area contributed by atoms with E-state index in [1.165, 1.54) is 4.40 Å². The second-order valence-electron chi connectivity index (χ2n) is 8.08. The van der Waals surface area contributed by atoms with Crippen molar-refractivity contribution >= 4 is 17.2 Å². The Morgan fingerprint density at radius 2 is 1.71 bits per heavy atom. The molecule has 8 heteroatoms. The van der Waals surface area contributed by atoms with Crippen LogP contribution in [0.4, 0.5) is 0 Å². The van der Waals surface area contributed by atoms with Crippen LogP contribution in [0, 0.1) is 13.8 Å². The van der Waals surface area contributed by atoms with Gasteiger partial charge in [0.15, 0.2) is 11.4 Å². The van der Waals surface area contributed by atoms with Gasteiger partial charge in [-0.05, 0) is 50.2 Å². The lowest BCUT2D eigenvalue weighted by Gasteiger charge is -2.12. The average Bonchev–Trinajstić information content (AvgIpc) is 3.24. The van der Waals surface area contributed by atoms with Gasteiger partial charge in [0, 0.05) is 22.5 Å². The summed E-state index contributed by atoms with van der Waals surface area (Å²) in [4.78, 5) is 18.3. The van der Waals surface area contributed by atoms with Crippen molar-refractivity contribution in [1.29, 1.82) is 0 Å². The highest BCUT2D eigenvalue weighted by atomic mass is 35.5. The first kappa shape index (κ1) is 22.7. The first-order valence-corrected chi connectivity index (χ1v) is 11.4. The Morgan fingerprint density at radius 1 is 0.971 bits per heavy atom. The molecule has 0 atom stereocenters. The van der Waals surface area contributed by atoms with Crippen LogP contribution in [-0.2, 0) is 6.61 Å². The molecule has 3 aromatic heterocycles. The van der Waals surface area contributed by atoms with Gasteiger partial charge in [0.2, 0.25) is 0 Å². The molecule has 0 aliphatic heterocycles. The second kappa shape index (κ2) is 9.27. The van der Waals surface area contributed by atoms with E-state index >= 15 is 0 Å². The van der Waals surface area contributed by atoms with E-state index in [0.717, 1.165) is 16.9 Å². The van der Waals surface area contributed by atoms with Gasteiger partial charge in [-0.1, -0.05) is 41.9 Å². The fourth-order valence-corrected chi connectivity index (χ4v) is 4.26. The summed E-state index contributed by atoms with van der Waals surface area (Å²) < 4.78 is 14.8. The third kappa shape index (κ3) is 4.15. The molecule has 0 amide bonds.